The highest BCUT2D eigenvalue weighted by molar-refractivity contribution is 7.92. The fourth-order valence-electron chi connectivity index (χ4n) is 2.80. The molecule has 8 nitrogen and oxygen atoms in total. The number of aromatic amines is 1. The minimum atomic E-state index is -3.42. The van der Waals surface area contributed by atoms with Crippen LogP contribution in [0.1, 0.15) is 5.56 Å². The minimum absolute atomic E-state index is 0.427. The van der Waals surface area contributed by atoms with Crippen molar-refractivity contribution in [1.82, 2.24) is 20.2 Å². The number of aromatic nitrogens is 4. The minimum Gasteiger partial charge on any atom is -0.324 e. The SMILES string of the molecule is Cc1cccc2cnc(Nc3cc(NS(C)(=O)=O)c4cn[nH]c4c3)nc12. The maximum Gasteiger partial charge on any atom is 0.229 e. The van der Waals surface area contributed by atoms with E-state index in [0.717, 1.165) is 22.7 Å². The number of hydrogen-bond donors (Lipinski definition) is 3. The molecule has 0 unspecified atom stereocenters. The van der Waals surface area contributed by atoms with Crippen LogP contribution in [-0.2, 0) is 10.0 Å². The molecule has 0 spiro atoms. The van der Waals surface area contributed by atoms with Crippen molar-refractivity contribution in [3.63, 3.8) is 0 Å². The van der Waals surface area contributed by atoms with Crippen molar-refractivity contribution in [1.29, 1.82) is 0 Å². The number of hydrogen-bond acceptors (Lipinski definition) is 6. The van der Waals surface area contributed by atoms with Crippen molar-refractivity contribution in [2.45, 2.75) is 6.92 Å². The molecule has 2 aromatic carbocycles. The fourth-order valence-corrected chi connectivity index (χ4v) is 3.37. The lowest BCUT2D eigenvalue weighted by molar-refractivity contribution is 0.607. The van der Waals surface area contributed by atoms with E-state index in [1.807, 2.05) is 31.2 Å². The predicted octanol–water partition coefficient (Wildman–Crippen LogP) is 2.93. The molecule has 0 saturated heterocycles. The molecule has 0 aliphatic heterocycles. The number of nitrogens with zero attached hydrogens (tertiary/aromatic N) is 3. The van der Waals surface area contributed by atoms with Gasteiger partial charge in [-0.3, -0.25) is 9.82 Å². The van der Waals surface area contributed by atoms with Gasteiger partial charge in [0, 0.05) is 22.7 Å². The summed E-state index contributed by atoms with van der Waals surface area (Å²) in [6, 6.07) is 9.41. The summed E-state index contributed by atoms with van der Waals surface area (Å²) in [7, 11) is -3.42. The number of benzene rings is 2. The molecule has 0 aliphatic rings. The fraction of sp³-hybridized carbons (Fsp3) is 0.118. The Kier molecular flexibility index (Phi) is 3.73. The van der Waals surface area contributed by atoms with Crippen LogP contribution in [0.3, 0.4) is 0 Å². The molecule has 9 heteroatoms. The first kappa shape index (κ1) is 16.3. The van der Waals surface area contributed by atoms with Gasteiger partial charge in [-0.25, -0.2) is 18.4 Å². The van der Waals surface area contributed by atoms with Crippen LogP contribution in [0, 0.1) is 6.92 Å². The van der Waals surface area contributed by atoms with Crippen LogP contribution in [0.2, 0.25) is 0 Å². The molecule has 4 aromatic rings. The molecular formula is C17H16N6O2S. The maximum atomic E-state index is 11.6. The standard InChI is InChI=1S/C17H16N6O2S/c1-10-4-3-5-11-8-18-17(21-16(10)11)20-12-6-14-13(9-19-22-14)15(7-12)23-26(2,24)25/h3-9,23H,1-2H3,(H,19,22)(H,18,20,21). The van der Waals surface area contributed by atoms with Gasteiger partial charge in [0.05, 0.1) is 29.2 Å². The largest absolute Gasteiger partial charge is 0.324 e. The second-order valence-corrected chi connectivity index (χ2v) is 7.81. The molecule has 0 aliphatic carbocycles. The van der Waals surface area contributed by atoms with E-state index < -0.39 is 10.0 Å². The first-order valence-corrected chi connectivity index (χ1v) is 9.72. The third-order valence-electron chi connectivity index (χ3n) is 3.92. The summed E-state index contributed by atoms with van der Waals surface area (Å²) in [4.78, 5) is 8.88. The molecule has 3 N–H and O–H groups in total. The highest BCUT2D eigenvalue weighted by Gasteiger charge is 2.11. The van der Waals surface area contributed by atoms with E-state index in [2.05, 4.69) is 30.2 Å². The Morgan fingerprint density at radius 3 is 2.81 bits per heavy atom. The van der Waals surface area contributed by atoms with Gasteiger partial charge in [-0.1, -0.05) is 18.2 Å². The Bertz CT molecular complexity index is 1230. The van der Waals surface area contributed by atoms with E-state index in [9.17, 15) is 8.42 Å². The van der Waals surface area contributed by atoms with Crippen molar-refractivity contribution in [3.8, 4) is 0 Å². The first-order valence-electron chi connectivity index (χ1n) is 7.83. The van der Waals surface area contributed by atoms with E-state index in [1.165, 1.54) is 0 Å². The summed E-state index contributed by atoms with van der Waals surface area (Å²) in [5, 5.41) is 11.6. The number of para-hydroxylation sites is 1. The van der Waals surface area contributed by atoms with Crippen molar-refractivity contribution in [2.75, 3.05) is 16.3 Å². The molecule has 0 bridgehead atoms. The molecule has 132 valence electrons. The van der Waals surface area contributed by atoms with Crippen LogP contribution in [0.5, 0.6) is 0 Å². The predicted molar refractivity (Wildman–Crippen MR) is 102 cm³/mol. The van der Waals surface area contributed by atoms with E-state index in [0.29, 0.717) is 28.2 Å². The Balaban J connectivity index is 1.76. The maximum absolute atomic E-state index is 11.6. The lowest BCUT2D eigenvalue weighted by atomic mass is 10.1. The Labute approximate surface area is 149 Å². The summed E-state index contributed by atoms with van der Waals surface area (Å²) in [6.45, 7) is 1.99. The van der Waals surface area contributed by atoms with Gasteiger partial charge >= 0.3 is 0 Å². The van der Waals surface area contributed by atoms with Gasteiger partial charge < -0.3 is 5.32 Å². The molecule has 2 aromatic heterocycles. The summed E-state index contributed by atoms with van der Waals surface area (Å²) in [5.41, 5.74) is 3.68. The topological polar surface area (TPSA) is 113 Å². The Morgan fingerprint density at radius 1 is 1.15 bits per heavy atom. The van der Waals surface area contributed by atoms with Crippen molar-refractivity contribution < 1.29 is 8.42 Å². The lowest BCUT2D eigenvalue weighted by Crippen LogP contribution is -2.10. The van der Waals surface area contributed by atoms with Crippen LogP contribution < -0.4 is 10.0 Å². The molecule has 2 heterocycles. The van der Waals surface area contributed by atoms with Crippen LogP contribution in [-0.4, -0.2) is 34.8 Å². The Hall–Kier alpha value is -3.20. The van der Waals surface area contributed by atoms with Gasteiger partial charge in [-0.2, -0.15) is 5.10 Å². The van der Waals surface area contributed by atoms with Gasteiger partial charge in [0.1, 0.15) is 0 Å². The molecule has 0 fully saturated rings. The van der Waals surface area contributed by atoms with Gasteiger partial charge in [-0.15, -0.1) is 0 Å². The zero-order chi connectivity index (χ0) is 18.3. The summed E-state index contributed by atoms with van der Waals surface area (Å²) in [5.74, 6) is 0.427. The number of sulfonamides is 1. The molecule has 0 amide bonds. The summed E-state index contributed by atoms with van der Waals surface area (Å²) >= 11 is 0. The number of nitrogens with one attached hydrogen (secondary N) is 3. The van der Waals surface area contributed by atoms with Crippen LogP contribution >= 0.6 is 0 Å². The van der Waals surface area contributed by atoms with Crippen LogP contribution in [0.25, 0.3) is 21.8 Å². The second-order valence-electron chi connectivity index (χ2n) is 6.06. The van der Waals surface area contributed by atoms with Gasteiger partial charge in [0.15, 0.2) is 0 Å². The molecule has 0 atom stereocenters. The number of rotatable bonds is 4. The molecule has 26 heavy (non-hydrogen) atoms. The second kappa shape index (κ2) is 5.95. The van der Waals surface area contributed by atoms with Gasteiger partial charge in [-0.05, 0) is 24.6 Å². The van der Waals surface area contributed by atoms with Crippen molar-refractivity contribution in [2.24, 2.45) is 0 Å². The van der Waals surface area contributed by atoms with Gasteiger partial charge in [0.2, 0.25) is 16.0 Å². The highest BCUT2D eigenvalue weighted by atomic mass is 32.2. The van der Waals surface area contributed by atoms with Crippen molar-refractivity contribution >= 4 is 49.2 Å². The van der Waals surface area contributed by atoms with E-state index in [4.69, 9.17) is 0 Å². The van der Waals surface area contributed by atoms with Crippen molar-refractivity contribution in [3.05, 3.63) is 48.3 Å². The number of aryl methyl sites for hydroxylation is 1. The monoisotopic (exact) mass is 368 g/mol. The highest BCUT2D eigenvalue weighted by Crippen LogP contribution is 2.29. The van der Waals surface area contributed by atoms with E-state index in [-0.39, 0.29) is 0 Å². The average Bonchev–Trinajstić information content (AvgIpc) is 3.03. The average molecular weight is 368 g/mol. The third-order valence-corrected chi connectivity index (χ3v) is 4.51. The molecule has 0 radical (unpaired) electrons. The zero-order valence-corrected chi connectivity index (χ0v) is 14.9. The molecular weight excluding hydrogens is 352 g/mol. The van der Waals surface area contributed by atoms with Gasteiger partial charge in [0.25, 0.3) is 0 Å². The molecule has 4 rings (SSSR count). The number of fused-ring (bicyclic) bond motifs is 2. The third kappa shape index (κ3) is 3.16. The van der Waals surface area contributed by atoms with Crippen LogP contribution in [0.15, 0.2) is 42.7 Å². The molecule has 0 saturated carbocycles. The Morgan fingerprint density at radius 2 is 2.00 bits per heavy atom. The van der Waals surface area contributed by atoms with E-state index >= 15 is 0 Å². The lowest BCUT2D eigenvalue weighted by Gasteiger charge is -2.10. The zero-order valence-electron chi connectivity index (χ0n) is 14.1. The normalized spacial score (nSPS) is 11.8. The number of anilines is 3. The smallest absolute Gasteiger partial charge is 0.229 e. The quantitative estimate of drug-likeness (QED) is 0.510. The summed E-state index contributed by atoms with van der Waals surface area (Å²) < 4.78 is 25.8. The van der Waals surface area contributed by atoms with Crippen LogP contribution in [0.4, 0.5) is 17.3 Å². The number of H-pyrrole nitrogens is 1. The van der Waals surface area contributed by atoms with E-state index in [1.54, 1.807) is 18.5 Å². The first-order chi connectivity index (χ1) is 12.4. The summed E-state index contributed by atoms with van der Waals surface area (Å²) in [6.07, 6.45) is 4.43.